The minimum Gasteiger partial charge on any atom is -0.606 e. The second-order valence-corrected chi connectivity index (χ2v) is 6.23. The predicted octanol–water partition coefficient (Wildman–Crippen LogP) is 4.09. The molecule has 0 N–H and O–H groups in total. The summed E-state index contributed by atoms with van der Waals surface area (Å²) in [6.45, 7) is 8.16. The molecule has 0 spiro atoms. The highest BCUT2D eigenvalue weighted by atomic mass is 32.2. The van der Waals surface area contributed by atoms with Gasteiger partial charge in [0.2, 0.25) is 0 Å². The summed E-state index contributed by atoms with van der Waals surface area (Å²) in [7, 11) is 0. The first-order valence-electron chi connectivity index (χ1n) is 6.05. The molecule has 0 bridgehead atoms. The fourth-order valence-corrected chi connectivity index (χ4v) is 3.56. The normalized spacial score (nSPS) is 12.5. The van der Waals surface area contributed by atoms with Gasteiger partial charge in [0.25, 0.3) is 0 Å². The van der Waals surface area contributed by atoms with Crippen molar-refractivity contribution in [1.29, 1.82) is 0 Å². The van der Waals surface area contributed by atoms with Gasteiger partial charge in [-0.1, -0.05) is 35.4 Å². The molecule has 94 valence electrons. The highest BCUT2D eigenvalue weighted by molar-refractivity contribution is 7.91. The molecule has 1 unspecified atom stereocenters. The summed E-state index contributed by atoms with van der Waals surface area (Å²) in [4.78, 5) is 1.82. The Kier molecular flexibility index (Phi) is 3.79. The molecule has 0 fully saturated rings. The van der Waals surface area contributed by atoms with E-state index in [9.17, 15) is 4.55 Å². The quantitative estimate of drug-likeness (QED) is 0.744. The van der Waals surface area contributed by atoms with Crippen LogP contribution >= 0.6 is 0 Å². The van der Waals surface area contributed by atoms with Gasteiger partial charge in [-0.05, 0) is 39.8 Å². The Morgan fingerprint density at radius 1 is 0.778 bits per heavy atom. The predicted molar refractivity (Wildman–Crippen MR) is 76.5 cm³/mol. The zero-order valence-electron chi connectivity index (χ0n) is 11.3. The maximum absolute atomic E-state index is 12.6. The molecule has 0 aliphatic heterocycles. The first kappa shape index (κ1) is 13.2. The van der Waals surface area contributed by atoms with E-state index >= 15 is 0 Å². The molecule has 0 amide bonds. The van der Waals surface area contributed by atoms with Crippen LogP contribution in [0.4, 0.5) is 0 Å². The minimum absolute atomic E-state index is 0.871. The Balaban J connectivity index is 2.46. The molecule has 0 heterocycles. The lowest BCUT2D eigenvalue weighted by atomic mass is 10.1. The van der Waals surface area contributed by atoms with Crippen molar-refractivity contribution in [3.05, 3.63) is 58.7 Å². The van der Waals surface area contributed by atoms with Crippen LogP contribution in [0.15, 0.2) is 46.2 Å². The first-order valence-corrected chi connectivity index (χ1v) is 7.20. The standard InChI is InChI=1S/C16H18OS/c1-11-5-7-15(8-6-11)18(17)16-13(3)9-12(2)10-14(16)4/h5-10H,1-4H3. The summed E-state index contributed by atoms with van der Waals surface area (Å²) in [5.74, 6) is 0. The number of aryl methyl sites for hydroxylation is 4. The molecular formula is C16H18OS. The Labute approximate surface area is 112 Å². The van der Waals surface area contributed by atoms with Gasteiger partial charge >= 0.3 is 0 Å². The van der Waals surface area contributed by atoms with Gasteiger partial charge in [0.05, 0.1) is 0 Å². The van der Waals surface area contributed by atoms with Crippen LogP contribution in [0.25, 0.3) is 0 Å². The molecule has 0 saturated carbocycles. The fourth-order valence-electron chi connectivity index (χ4n) is 2.24. The van der Waals surface area contributed by atoms with Gasteiger partial charge in [-0.25, -0.2) is 0 Å². The van der Waals surface area contributed by atoms with Crippen LogP contribution in [0.1, 0.15) is 22.3 Å². The molecule has 0 aromatic heterocycles. The largest absolute Gasteiger partial charge is 0.606 e. The van der Waals surface area contributed by atoms with Crippen LogP contribution in [-0.2, 0) is 11.2 Å². The molecule has 0 radical (unpaired) electrons. The van der Waals surface area contributed by atoms with E-state index in [0.717, 1.165) is 20.9 Å². The SMILES string of the molecule is Cc1ccc([S+]([O-])c2c(C)cc(C)cc2C)cc1. The van der Waals surface area contributed by atoms with Crippen LogP contribution in [-0.4, -0.2) is 4.55 Å². The fraction of sp³-hybridized carbons (Fsp3) is 0.250. The van der Waals surface area contributed by atoms with Crippen molar-refractivity contribution < 1.29 is 4.55 Å². The molecule has 2 rings (SSSR count). The third kappa shape index (κ3) is 2.60. The summed E-state index contributed by atoms with van der Waals surface area (Å²) in [6, 6.07) is 12.1. The van der Waals surface area contributed by atoms with Crippen LogP contribution in [0.2, 0.25) is 0 Å². The lowest BCUT2D eigenvalue weighted by Gasteiger charge is -2.15. The molecule has 2 aromatic carbocycles. The average Bonchev–Trinajstić information content (AvgIpc) is 2.28. The van der Waals surface area contributed by atoms with Crippen LogP contribution in [0.3, 0.4) is 0 Å². The number of hydrogen-bond acceptors (Lipinski definition) is 1. The monoisotopic (exact) mass is 258 g/mol. The summed E-state index contributed by atoms with van der Waals surface area (Å²) < 4.78 is 12.6. The van der Waals surface area contributed by atoms with Gasteiger partial charge in [-0.2, -0.15) is 0 Å². The van der Waals surface area contributed by atoms with Crippen molar-refractivity contribution in [3.8, 4) is 0 Å². The minimum atomic E-state index is -1.09. The molecular weight excluding hydrogens is 240 g/mol. The summed E-state index contributed by atoms with van der Waals surface area (Å²) >= 11 is -1.09. The zero-order valence-corrected chi connectivity index (χ0v) is 12.1. The van der Waals surface area contributed by atoms with Crippen LogP contribution in [0, 0.1) is 27.7 Å². The lowest BCUT2D eigenvalue weighted by Crippen LogP contribution is -2.07. The van der Waals surface area contributed by atoms with E-state index in [2.05, 4.69) is 19.1 Å². The van der Waals surface area contributed by atoms with Crippen molar-refractivity contribution >= 4 is 11.2 Å². The van der Waals surface area contributed by atoms with Crippen molar-refractivity contribution in [2.45, 2.75) is 37.5 Å². The molecule has 0 saturated heterocycles. The van der Waals surface area contributed by atoms with Gasteiger partial charge in [0.15, 0.2) is 9.79 Å². The van der Waals surface area contributed by atoms with E-state index in [1.165, 1.54) is 11.1 Å². The molecule has 2 aromatic rings. The smallest absolute Gasteiger partial charge is 0.164 e. The van der Waals surface area contributed by atoms with Gasteiger partial charge in [-0.15, -0.1) is 0 Å². The Morgan fingerprint density at radius 2 is 1.28 bits per heavy atom. The highest BCUT2D eigenvalue weighted by Gasteiger charge is 2.20. The topological polar surface area (TPSA) is 23.1 Å². The Morgan fingerprint density at radius 3 is 1.78 bits per heavy atom. The third-order valence-corrected chi connectivity index (χ3v) is 4.74. The maximum Gasteiger partial charge on any atom is 0.164 e. The average molecular weight is 258 g/mol. The van der Waals surface area contributed by atoms with Crippen LogP contribution in [0.5, 0.6) is 0 Å². The van der Waals surface area contributed by atoms with Crippen molar-refractivity contribution in [2.75, 3.05) is 0 Å². The molecule has 0 aliphatic carbocycles. The van der Waals surface area contributed by atoms with E-state index in [0.29, 0.717) is 0 Å². The second-order valence-electron chi connectivity index (χ2n) is 4.81. The number of rotatable bonds is 2. The van der Waals surface area contributed by atoms with Crippen LogP contribution < -0.4 is 0 Å². The van der Waals surface area contributed by atoms with Crippen molar-refractivity contribution in [1.82, 2.24) is 0 Å². The van der Waals surface area contributed by atoms with E-state index in [4.69, 9.17) is 0 Å². The van der Waals surface area contributed by atoms with Crippen molar-refractivity contribution in [2.24, 2.45) is 0 Å². The van der Waals surface area contributed by atoms with Crippen molar-refractivity contribution in [3.63, 3.8) is 0 Å². The first-order chi connectivity index (χ1) is 8.49. The van der Waals surface area contributed by atoms with Gasteiger partial charge in [0.1, 0.15) is 0 Å². The van der Waals surface area contributed by atoms with E-state index < -0.39 is 11.2 Å². The summed E-state index contributed by atoms with van der Waals surface area (Å²) in [6.07, 6.45) is 0. The molecule has 2 heteroatoms. The molecule has 0 aliphatic rings. The summed E-state index contributed by atoms with van der Waals surface area (Å²) in [5.41, 5.74) is 4.61. The zero-order chi connectivity index (χ0) is 13.3. The Hall–Kier alpha value is -1.25. The highest BCUT2D eigenvalue weighted by Crippen LogP contribution is 2.28. The van der Waals surface area contributed by atoms with E-state index in [-0.39, 0.29) is 0 Å². The van der Waals surface area contributed by atoms with E-state index in [1.807, 2.05) is 45.0 Å². The maximum atomic E-state index is 12.6. The number of benzene rings is 2. The van der Waals surface area contributed by atoms with Gasteiger partial charge in [0, 0.05) is 22.3 Å². The molecule has 1 atom stereocenters. The summed E-state index contributed by atoms with van der Waals surface area (Å²) in [5, 5.41) is 0. The van der Waals surface area contributed by atoms with Gasteiger partial charge < -0.3 is 4.55 Å². The van der Waals surface area contributed by atoms with Gasteiger partial charge in [-0.3, -0.25) is 0 Å². The molecule has 18 heavy (non-hydrogen) atoms. The third-order valence-electron chi connectivity index (χ3n) is 3.03. The Bertz CT molecular complexity index is 535. The van der Waals surface area contributed by atoms with E-state index in [1.54, 1.807) is 0 Å². The lowest BCUT2D eigenvalue weighted by molar-refractivity contribution is 0.593. The molecule has 1 nitrogen and oxygen atoms in total. The number of hydrogen-bond donors (Lipinski definition) is 0. The second kappa shape index (κ2) is 5.17.